The summed E-state index contributed by atoms with van der Waals surface area (Å²) in [6, 6.07) is 0.453. The van der Waals surface area contributed by atoms with E-state index in [-0.39, 0.29) is 6.10 Å². The number of hydrogen-bond donors (Lipinski definition) is 1. The second kappa shape index (κ2) is 7.11. The number of nitrogens with zero attached hydrogens (tertiary/aromatic N) is 2. The van der Waals surface area contributed by atoms with Gasteiger partial charge in [-0.15, -0.1) is 0 Å². The first-order valence-electron chi connectivity index (χ1n) is 8.09. The summed E-state index contributed by atoms with van der Waals surface area (Å²) in [6.07, 6.45) is 3.61. The molecule has 118 valence electrons. The van der Waals surface area contributed by atoms with Gasteiger partial charge in [-0.25, -0.2) is 0 Å². The maximum Gasteiger partial charge on any atom is 0.232 e. The highest BCUT2D eigenvalue weighted by Gasteiger charge is 2.38. The Hall–Kier alpha value is -0.590. The second-order valence-corrected chi connectivity index (χ2v) is 6.98. The molecule has 2 aliphatic rings. The second-order valence-electron chi connectivity index (χ2n) is 5.91. The lowest BCUT2D eigenvalue weighted by molar-refractivity contribution is 0.0384. The van der Waals surface area contributed by atoms with Crippen LogP contribution in [0.4, 0.5) is 0 Å². The van der Waals surface area contributed by atoms with Gasteiger partial charge in [-0.1, -0.05) is 12.1 Å². The third-order valence-corrected chi connectivity index (χ3v) is 5.35. The summed E-state index contributed by atoms with van der Waals surface area (Å²) in [4.78, 5) is 4.67. The molecule has 0 aromatic carbocycles. The quantitative estimate of drug-likeness (QED) is 0.796. The molecule has 3 unspecified atom stereocenters. The zero-order valence-corrected chi connectivity index (χ0v) is 13.7. The zero-order chi connectivity index (χ0) is 14.7. The highest BCUT2D eigenvalue weighted by atomic mass is 32.2. The van der Waals surface area contributed by atoms with Gasteiger partial charge in [-0.3, -0.25) is 0 Å². The van der Waals surface area contributed by atoms with Gasteiger partial charge in [0.05, 0.1) is 5.92 Å². The summed E-state index contributed by atoms with van der Waals surface area (Å²) in [6.45, 7) is 5.96. The monoisotopic (exact) mass is 311 g/mol. The first kappa shape index (κ1) is 15.3. The number of ether oxygens (including phenoxy) is 1. The minimum Gasteiger partial charge on any atom is -0.370 e. The minimum atomic E-state index is 0.0311. The molecule has 1 aromatic heterocycles. The summed E-state index contributed by atoms with van der Waals surface area (Å²) in [5, 5.41) is 7.81. The van der Waals surface area contributed by atoms with Crippen LogP contribution in [0, 0.1) is 5.92 Å². The van der Waals surface area contributed by atoms with Crippen molar-refractivity contribution in [3.8, 4) is 0 Å². The lowest BCUT2D eigenvalue weighted by Crippen LogP contribution is -2.34. The lowest BCUT2D eigenvalue weighted by Gasteiger charge is -2.16. The zero-order valence-electron chi connectivity index (χ0n) is 12.9. The van der Waals surface area contributed by atoms with Crippen LogP contribution >= 0.6 is 11.8 Å². The van der Waals surface area contributed by atoms with E-state index in [1.807, 2.05) is 18.7 Å². The molecule has 3 atom stereocenters. The van der Waals surface area contributed by atoms with Gasteiger partial charge >= 0.3 is 0 Å². The highest BCUT2D eigenvalue weighted by molar-refractivity contribution is 7.99. The molecule has 1 saturated heterocycles. The van der Waals surface area contributed by atoms with Crippen LogP contribution in [0.1, 0.15) is 56.8 Å². The fourth-order valence-corrected chi connectivity index (χ4v) is 4.21. The van der Waals surface area contributed by atoms with Crippen molar-refractivity contribution in [1.29, 1.82) is 0 Å². The molecule has 0 spiro atoms. The molecule has 0 radical (unpaired) electrons. The van der Waals surface area contributed by atoms with Gasteiger partial charge < -0.3 is 14.6 Å². The van der Waals surface area contributed by atoms with Crippen LogP contribution in [0.2, 0.25) is 0 Å². The average Bonchev–Trinajstić information content (AvgIpc) is 3.03. The topological polar surface area (TPSA) is 60.2 Å². The summed E-state index contributed by atoms with van der Waals surface area (Å²) >= 11 is 1.96. The molecule has 2 heterocycles. The number of nitrogens with one attached hydrogen (secondary N) is 1. The molecular weight excluding hydrogens is 286 g/mol. The van der Waals surface area contributed by atoms with Crippen LogP contribution in [0.15, 0.2) is 4.52 Å². The van der Waals surface area contributed by atoms with E-state index in [1.165, 1.54) is 12.8 Å². The van der Waals surface area contributed by atoms with Gasteiger partial charge in [-0.2, -0.15) is 16.7 Å². The van der Waals surface area contributed by atoms with Crippen LogP contribution in [0.3, 0.4) is 0 Å². The Morgan fingerprint density at radius 2 is 2.24 bits per heavy atom. The summed E-state index contributed by atoms with van der Waals surface area (Å²) in [7, 11) is 0. The molecule has 0 amide bonds. The van der Waals surface area contributed by atoms with Crippen molar-refractivity contribution in [2.24, 2.45) is 5.92 Å². The fourth-order valence-electron chi connectivity index (χ4n) is 2.84. The van der Waals surface area contributed by atoms with E-state index in [0.29, 0.717) is 24.5 Å². The van der Waals surface area contributed by atoms with Gasteiger partial charge in [0.2, 0.25) is 11.7 Å². The highest BCUT2D eigenvalue weighted by Crippen LogP contribution is 2.43. The van der Waals surface area contributed by atoms with E-state index in [9.17, 15) is 0 Å². The van der Waals surface area contributed by atoms with E-state index in [2.05, 4.69) is 22.4 Å². The maximum absolute atomic E-state index is 5.81. The largest absolute Gasteiger partial charge is 0.370 e. The molecule has 1 N–H and O–H groups in total. The Kier molecular flexibility index (Phi) is 5.19. The van der Waals surface area contributed by atoms with Crippen molar-refractivity contribution < 1.29 is 9.26 Å². The van der Waals surface area contributed by atoms with Crippen LogP contribution in [0.25, 0.3) is 0 Å². The Morgan fingerprint density at radius 1 is 1.38 bits per heavy atom. The van der Waals surface area contributed by atoms with Crippen LogP contribution < -0.4 is 5.32 Å². The van der Waals surface area contributed by atoms with Gasteiger partial charge in [0.15, 0.2) is 0 Å². The van der Waals surface area contributed by atoms with Gasteiger partial charge in [0.1, 0.15) is 6.10 Å². The van der Waals surface area contributed by atoms with Gasteiger partial charge in [0.25, 0.3) is 0 Å². The molecule has 5 nitrogen and oxygen atoms in total. The van der Waals surface area contributed by atoms with Crippen LogP contribution in [-0.4, -0.2) is 40.8 Å². The van der Waals surface area contributed by atoms with E-state index in [0.717, 1.165) is 36.2 Å². The molecule has 0 bridgehead atoms. The fraction of sp³-hybridized carbons (Fsp3) is 0.867. The van der Waals surface area contributed by atoms with Crippen molar-refractivity contribution in [1.82, 2.24) is 15.5 Å². The normalized spacial score (nSPS) is 27.1. The molecule has 1 aliphatic carbocycles. The van der Waals surface area contributed by atoms with Crippen molar-refractivity contribution >= 4 is 11.8 Å². The molecule has 21 heavy (non-hydrogen) atoms. The van der Waals surface area contributed by atoms with E-state index in [1.54, 1.807) is 0 Å². The van der Waals surface area contributed by atoms with Crippen molar-refractivity contribution in [2.45, 2.75) is 51.2 Å². The number of thioether (sulfide) groups is 1. The minimum absolute atomic E-state index is 0.0311. The summed E-state index contributed by atoms with van der Waals surface area (Å²) in [5.74, 6) is 4.65. The van der Waals surface area contributed by atoms with E-state index in [4.69, 9.17) is 9.26 Å². The average molecular weight is 311 g/mol. The standard InChI is InChI=1S/C15H25N3O2S/c1-3-7-16-12-9-21-8-11(12)15-17-14(18-20-15)13(19-4-2)10-5-6-10/h10-13,16H,3-9H2,1-2H3. The first-order chi connectivity index (χ1) is 10.3. The summed E-state index contributed by atoms with van der Waals surface area (Å²) in [5.41, 5.74) is 0. The molecule has 1 aliphatic heterocycles. The van der Waals surface area contributed by atoms with Crippen molar-refractivity contribution in [3.63, 3.8) is 0 Å². The third-order valence-electron chi connectivity index (χ3n) is 4.16. The first-order valence-corrected chi connectivity index (χ1v) is 9.25. The summed E-state index contributed by atoms with van der Waals surface area (Å²) < 4.78 is 11.4. The van der Waals surface area contributed by atoms with Gasteiger partial charge in [-0.05, 0) is 38.6 Å². The Balaban J connectivity index is 1.68. The lowest BCUT2D eigenvalue weighted by atomic mass is 10.0. The number of aromatic nitrogens is 2. The molecule has 6 heteroatoms. The Bertz CT molecular complexity index is 450. The third kappa shape index (κ3) is 3.60. The van der Waals surface area contributed by atoms with Crippen LogP contribution in [-0.2, 0) is 4.74 Å². The molecular formula is C15H25N3O2S. The molecule has 1 saturated carbocycles. The molecule has 3 rings (SSSR count). The SMILES string of the molecule is CCCNC1CSCC1c1nc(C(OCC)C2CC2)no1. The maximum atomic E-state index is 5.81. The Labute approximate surface area is 130 Å². The predicted octanol–water partition coefficient (Wildman–Crippen LogP) is 2.76. The van der Waals surface area contributed by atoms with Crippen LogP contribution in [0.5, 0.6) is 0 Å². The number of hydrogen-bond acceptors (Lipinski definition) is 6. The number of rotatable bonds is 8. The predicted molar refractivity (Wildman–Crippen MR) is 83.5 cm³/mol. The van der Waals surface area contributed by atoms with Crippen molar-refractivity contribution in [2.75, 3.05) is 24.7 Å². The smallest absolute Gasteiger partial charge is 0.232 e. The van der Waals surface area contributed by atoms with Crippen molar-refractivity contribution in [3.05, 3.63) is 11.7 Å². The molecule has 1 aromatic rings. The van der Waals surface area contributed by atoms with E-state index < -0.39 is 0 Å². The van der Waals surface area contributed by atoms with E-state index >= 15 is 0 Å². The van der Waals surface area contributed by atoms with Gasteiger partial charge in [0, 0.05) is 24.2 Å². The molecule has 2 fully saturated rings. The Morgan fingerprint density at radius 3 is 2.95 bits per heavy atom.